The highest BCUT2D eigenvalue weighted by atomic mass is 16.4. The number of carboxylic acids is 1. The second-order valence-electron chi connectivity index (χ2n) is 5.24. The zero-order chi connectivity index (χ0) is 15.3. The van der Waals surface area contributed by atoms with Gasteiger partial charge in [-0.2, -0.15) is 0 Å². The van der Waals surface area contributed by atoms with Crippen molar-refractivity contribution in [2.24, 2.45) is 5.73 Å². The van der Waals surface area contributed by atoms with Crippen LogP contribution in [0.25, 0.3) is 0 Å². The molecular formula is C15H22N2O3. The van der Waals surface area contributed by atoms with Gasteiger partial charge in [0.1, 0.15) is 5.54 Å². The Labute approximate surface area is 119 Å². The Kier molecular flexibility index (Phi) is 5.27. The van der Waals surface area contributed by atoms with Crippen molar-refractivity contribution in [2.75, 3.05) is 6.54 Å². The number of nitrogens with zero attached hydrogens (tertiary/aromatic N) is 1. The molecule has 1 atom stereocenters. The molecule has 5 heteroatoms. The molecule has 1 aromatic rings. The lowest BCUT2D eigenvalue weighted by Crippen LogP contribution is -2.57. The van der Waals surface area contributed by atoms with Crippen molar-refractivity contribution in [3.63, 3.8) is 0 Å². The number of amides is 1. The van der Waals surface area contributed by atoms with E-state index in [2.05, 4.69) is 0 Å². The largest absolute Gasteiger partial charge is 0.480 e. The Hall–Kier alpha value is -1.88. The molecule has 5 nitrogen and oxygen atoms in total. The highest BCUT2D eigenvalue weighted by Gasteiger charge is 2.38. The standard InChI is InChI=1S/C15H22N2O3/c1-4-17(15(2,3)14(19)20)13(18)12(16)10-11-8-6-5-7-9-11/h5-9,12H,4,10,16H2,1-3H3,(H,19,20)/t12-/m1/s1. The van der Waals surface area contributed by atoms with Crippen LogP contribution in [0.5, 0.6) is 0 Å². The molecule has 110 valence electrons. The Bertz CT molecular complexity index is 471. The van der Waals surface area contributed by atoms with Gasteiger partial charge in [-0.3, -0.25) is 4.79 Å². The lowest BCUT2D eigenvalue weighted by molar-refractivity contribution is -0.157. The Balaban J connectivity index is 2.84. The second kappa shape index (κ2) is 6.52. The number of rotatable bonds is 6. The molecule has 1 rings (SSSR count). The predicted octanol–water partition coefficient (Wildman–Crippen LogP) is 1.27. The van der Waals surface area contributed by atoms with Gasteiger partial charge in [0.2, 0.25) is 5.91 Å². The summed E-state index contributed by atoms with van der Waals surface area (Å²) in [4.78, 5) is 24.9. The van der Waals surface area contributed by atoms with Crippen LogP contribution in [0, 0.1) is 0 Å². The van der Waals surface area contributed by atoms with Crippen LogP contribution < -0.4 is 5.73 Å². The number of carbonyl (C=O) groups excluding carboxylic acids is 1. The number of carboxylic acid groups (broad SMARTS) is 1. The van der Waals surface area contributed by atoms with Gasteiger partial charge in [-0.15, -0.1) is 0 Å². The van der Waals surface area contributed by atoms with Crippen molar-refractivity contribution in [1.82, 2.24) is 4.90 Å². The van der Waals surface area contributed by atoms with E-state index < -0.39 is 17.6 Å². The van der Waals surface area contributed by atoms with Crippen LogP contribution >= 0.6 is 0 Å². The molecule has 3 N–H and O–H groups in total. The van der Waals surface area contributed by atoms with Gasteiger partial charge in [-0.1, -0.05) is 30.3 Å². The molecule has 0 heterocycles. The van der Waals surface area contributed by atoms with Crippen molar-refractivity contribution in [2.45, 2.75) is 38.8 Å². The third-order valence-electron chi connectivity index (χ3n) is 3.40. The molecule has 0 radical (unpaired) electrons. The van der Waals surface area contributed by atoms with E-state index in [0.29, 0.717) is 13.0 Å². The fraction of sp³-hybridized carbons (Fsp3) is 0.467. The number of hydrogen-bond acceptors (Lipinski definition) is 3. The lowest BCUT2D eigenvalue weighted by Gasteiger charge is -2.35. The molecule has 1 amide bonds. The highest BCUT2D eigenvalue weighted by Crippen LogP contribution is 2.16. The van der Waals surface area contributed by atoms with E-state index in [1.54, 1.807) is 6.92 Å². The lowest BCUT2D eigenvalue weighted by atomic mass is 9.99. The van der Waals surface area contributed by atoms with E-state index >= 15 is 0 Å². The number of likely N-dealkylation sites (N-methyl/N-ethyl adjacent to an activating group) is 1. The molecule has 0 aliphatic rings. The first-order valence-corrected chi connectivity index (χ1v) is 6.65. The van der Waals surface area contributed by atoms with Gasteiger partial charge in [0, 0.05) is 6.54 Å². The van der Waals surface area contributed by atoms with Crippen LogP contribution in [-0.4, -0.2) is 40.0 Å². The molecule has 1 aromatic carbocycles. The SMILES string of the molecule is CCN(C(=O)[C@H](N)Cc1ccccc1)C(C)(C)C(=O)O. The Morgan fingerprint density at radius 3 is 2.30 bits per heavy atom. The second-order valence-corrected chi connectivity index (χ2v) is 5.24. The van der Waals surface area contributed by atoms with Gasteiger partial charge >= 0.3 is 5.97 Å². The molecule has 0 aliphatic heterocycles. The zero-order valence-corrected chi connectivity index (χ0v) is 12.2. The molecule has 0 spiro atoms. The van der Waals surface area contributed by atoms with Crippen LogP contribution in [0.4, 0.5) is 0 Å². The molecule has 0 aromatic heterocycles. The minimum atomic E-state index is -1.26. The van der Waals surface area contributed by atoms with Crippen LogP contribution in [-0.2, 0) is 16.0 Å². The Morgan fingerprint density at radius 2 is 1.85 bits per heavy atom. The fourth-order valence-corrected chi connectivity index (χ4v) is 2.10. The average molecular weight is 278 g/mol. The van der Waals surface area contributed by atoms with E-state index in [1.807, 2.05) is 30.3 Å². The monoisotopic (exact) mass is 278 g/mol. The summed E-state index contributed by atoms with van der Waals surface area (Å²) in [6.45, 7) is 5.07. The average Bonchev–Trinajstić information content (AvgIpc) is 2.40. The molecule has 20 heavy (non-hydrogen) atoms. The van der Waals surface area contributed by atoms with E-state index in [4.69, 9.17) is 5.73 Å². The summed E-state index contributed by atoms with van der Waals surface area (Å²) in [5.74, 6) is -1.39. The summed E-state index contributed by atoms with van der Waals surface area (Å²) in [5.41, 5.74) is 5.63. The van der Waals surface area contributed by atoms with Gasteiger partial charge < -0.3 is 15.7 Å². The maximum absolute atomic E-state index is 12.4. The van der Waals surface area contributed by atoms with Crippen LogP contribution in [0.2, 0.25) is 0 Å². The van der Waals surface area contributed by atoms with E-state index in [0.717, 1.165) is 5.56 Å². The number of aliphatic carboxylic acids is 1. The minimum absolute atomic E-state index is 0.306. The molecule has 0 bridgehead atoms. The maximum Gasteiger partial charge on any atom is 0.329 e. The summed E-state index contributed by atoms with van der Waals surface area (Å²) < 4.78 is 0. The van der Waals surface area contributed by atoms with Crippen molar-refractivity contribution in [3.8, 4) is 0 Å². The summed E-state index contributed by atoms with van der Waals surface area (Å²) in [7, 11) is 0. The van der Waals surface area contributed by atoms with Crippen LogP contribution in [0.15, 0.2) is 30.3 Å². The number of hydrogen-bond donors (Lipinski definition) is 2. The van der Waals surface area contributed by atoms with E-state index in [-0.39, 0.29) is 5.91 Å². The number of carbonyl (C=O) groups is 2. The van der Waals surface area contributed by atoms with Gasteiger partial charge in [-0.05, 0) is 32.8 Å². The van der Waals surface area contributed by atoms with Crippen molar-refractivity contribution in [3.05, 3.63) is 35.9 Å². The minimum Gasteiger partial charge on any atom is -0.480 e. The molecule has 0 fully saturated rings. The number of benzene rings is 1. The first-order valence-electron chi connectivity index (χ1n) is 6.65. The third kappa shape index (κ3) is 3.57. The van der Waals surface area contributed by atoms with Crippen molar-refractivity contribution in [1.29, 1.82) is 0 Å². The summed E-state index contributed by atoms with van der Waals surface area (Å²) in [6, 6.07) is 8.70. The van der Waals surface area contributed by atoms with Gasteiger partial charge in [-0.25, -0.2) is 4.79 Å². The molecule has 0 unspecified atom stereocenters. The van der Waals surface area contributed by atoms with Crippen LogP contribution in [0.1, 0.15) is 26.3 Å². The molecule has 0 aliphatic carbocycles. The van der Waals surface area contributed by atoms with Gasteiger partial charge in [0.15, 0.2) is 0 Å². The van der Waals surface area contributed by atoms with Crippen molar-refractivity contribution < 1.29 is 14.7 Å². The van der Waals surface area contributed by atoms with Gasteiger partial charge in [0.05, 0.1) is 6.04 Å². The first-order chi connectivity index (χ1) is 9.30. The quantitative estimate of drug-likeness (QED) is 0.820. The smallest absolute Gasteiger partial charge is 0.329 e. The van der Waals surface area contributed by atoms with Gasteiger partial charge in [0.25, 0.3) is 0 Å². The Morgan fingerprint density at radius 1 is 1.30 bits per heavy atom. The molecule has 0 saturated carbocycles. The summed E-state index contributed by atoms with van der Waals surface area (Å²) in [5, 5.41) is 9.23. The van der Waals surface area contributed by atoms with E-state index in [9.17, 15) is 14.7 Å². The predicted molar refractivity (Wildman–Crippen MR) is 77.2 cm³/mol. The number of nitrogens with two attached hydrogens (primary N) is 1. The summed E-state index contributed by atoms with van der Waals surface area (Å²) in [6.07, 6.45) is 0.395. The molecular weight excluding hydrogens is 256 g/mol. The topological polar surface area (TPSA) is 83.6 Å². The van der Waals surface area contributed by atoms with Crippen LogP contribution in [0.3, 0.4) is 0 Å². The summed E-state index contributed by atoms with van der Waals surface area (Å²) >= 11 is 0. The maximum atomic E-state index is 12.4. The zero-order valence-electron chi connectivity index (χ0n) is 12.2. The first kappa shape index (κ1) is 16.2. The normalized spacial score (nSPS) is 12.8. The third-order valence-corrected chi connectivity index (χ3v) is 3.40. The van der Waals surface area contributed by atoms with E-state index in [1.165, 1.54) is 18.7 Å². The van der Waals surface area contributed by atoms with Crippen molar-refractivity contribution >= 4 is 11.9 Å². The highest BCUT2D eigenvalue weighted by molar-refractivity contribution is 5.89. The fourth-order valence-electron chi connectivity index (χ4n) is 2.10. The molecule has 0 saturated heterocycles.